The normalized spacial score (nSPS) is 14.9. The van der Waals surface area contributed by atoms with Gasteiger partial charge in [-0.3, -0.25) is 14.5 Å². The summed E-state index contributed by atoms with van der Waals surface area (Å²) in [5.41, 5.74) is 3.89. The quantitative estimate of drug-likeness (QED) is 0.259. The fourth-order valence-corrected chi connectivity index (χ4v) is 5.08. The van der Waals surface area contributed by atoms with Crippen molar-refractivity contribution in [3.8, 4) is 5.69 Å². The Morgan fingerprint density at radius 3 is 2.57 bits per heavy atom. The van der Waals surface area contributed by atoms with E-state index in [2.05, 4.69) is 39.6 Å². The first-order valence-corrected chi connectivity index (χ1v) is 11.8. The lowest BCUT2D eigenvalue weighted by Gasteiger charge is -2.11. The first-order chi connectivity index (χ1) is 16.9. The summed E-state index contributed by atoms with van der Waals surface area (Å²) in [5.74, 6) is -0.673. The Morgan fingerprint density at radius 2 is 1.80 bits per heavy atom. The first kappa shape index (κ1) is 22.7. The zero-order valence-electron chi connectivity index (χ0n) is 19.4. The molecule has 5 rings (SSSR count). The Bertz CT molecular complexity index is 1530. The molecule has 4 aromatic rings. The smallest absolute Gasteiger partial charge is 0.373 e. The number of aryl methyl sites for hydroxylation is 1. The standard InChI is InChI=1S/C27H22N2O5S/c1-16-12-20(17(2)29(16)21-9-8-18-6-4-5-7-19(18)13-21)14-24-25(30)28(27(32)35-24)15-22-10-11-23(34-22)26(31)33-3/h4-14H,15H2,1-3H3/b24-14+. The number of ether oxygens (including phenoxy) is 1. The number of nitrogens with zero attached hydrogens (tertiary/aromatic N) is 2. The number of hydrogen-bond acceptors (Lipinski definition) is 6. The van der Waals surface area contributed by atoms with Crippen molar-refractivity contribution in [2.45, 2.75) is 20.4 Å². The van der Waals surface area contributed by atoms with E-state index in [-0.39, 0.29) is 17.5 Å². The molecule has 3 heterocycles. The van der Waals surface area contributed by atoms with E-state index in [9.17, 15) is 14.4 Å². The van der Waals surface area contributed by atoms with Crippen molar-refractivity contribution in [2.75, 3.05) is 7.11 Å². The Balaban J connectivity index is 1.41. The summed E-state index contributed by atoms with van der Waals surface area (Å²) in [6.07, 6.45) is 1.76. The summed E-state index contributed by atoms with van der Waals surface area (Å²) in [5, 5.41) is 1.93. The van der Waals surface area contributed by atoms with Gasteiger partial charge in [-0.1, -0.05) is 30.3 Å². The van der Waals surface area contributed by atoms with E-state index in [1.165, 1.54) is 18.6 Å². The number of hydrogen-bond donors (Lipinski definition) is 0. The highest BCUT2D eigenvalue weighted by molar-refractivity contribution is 8.18. The van der Waals surface area contributed by atoms with Crippen LogP contribution in [0.3, 0.4) is 0 Å². The molecular formula is C27H22N2O5S. The number of amides is 2. The minimum absolute atomic E-state index is 0.0196. The summed E-state index contributed by atoms with van der Waals surface area (Å²) in [7, 11) is 1.25. The highest BCUT2D eigenvalue weighted by Gasteiger charge is 2.36. The van der Waals surface area contributed by atoms with Gasteiger partial charge >= 0.3 is 5.97 Å². The topological polar surface area (TPSA) is 81.8 Å². The van der Waals surface area contributed by atoms with E-state index < -0.39 is 11.9 Å². The van der Waals surface area contributed by atoms with E-state index in [1.54, 1.807) is 12.1 Å². The van der Waals surface area contributed by atoms with Crippen molar-refractivity contribution >= 4 is 45.7 Å². The highest BCUT2D eigenvalue weighted by Crippen LogP contribution is 2.35. The Kier molecular flexibility index (Phi) is 5.82. The molecule has 0 atom stereocenters. The number of rotatable bonds is 5. The van der Waals surface area contributed by atoms with Gasteiger partial charge in [0.05, 0.1) is 18.6 Å². The van der Waals surface area contributed by atoms with Gasteiger partial charge in [0.2, 0.25) is 5.76 Å². The Morgan fingerprint density at radius 1 is 1.03 bits per heavy atom. The van der Waals surface area contributed by atoms with Crippen LogP contribution in [0.2, 0.25) is 0 Å². The van der Waals surface area contributed by atoms with Crippen LogP contribution < -0.4 is 0 Å². The first-order valence-electron chi connectivity index (χ1n) is 11.0. The summed E-state index contributed by atoms with van der Waals surface area (Å²) in [4.78, 5) is 38.6. The predicted molar refractivity (Wildman–Crippen MR) is 134 cm³/mol. The van der Waals surface area contributed by atoms with Crippen molar-refractivity contribution < 1.29 is 23.5 Å². The minimum Gasteiger partial charge on any atom is -0.463 e. The van der Waals surface area contributed by atoms with Crippen molar-refractivity contribution in [2.24, 2.45) is 0 Å². The van der Waals surface area contributed by atoms with Gasteiger partial charge in [-0.2, -0.15) is 0 Å². The van der Waals surface area contributed by atoms with E-state index in [4.69, 9.17) is 4.42 Å². The number of thioether (sulfide) groups is 1. The molecule has 0 bridgehead atoms. The molecule has 35 heavy (non-hydrogen) atoms. The lowest BCUT2D eigenvalue weighted by atomic mass is 10.1. The summed E-state index contributed by atoms with van der Waals surface area (Å²) >= 11 is 0.891. The fourth-order valence-electron chi connectivity index (χ4n) is 4.25. The van der Waals surface area contributed by atoms with Gasteiger partial charge in [0.25, 0.3) is 11.1 Å². The van der Waals surface area contributed by atoms with Gasteiger partial charge in [0.15, 0.2) is 0 Å². The number of furan rings is 1. The number of benzene rings is 2. The molecule has 8 heteroatoms. The highest BCUT2D eigenvalue weighted by atomic mass is 32.2. The maximum Gasteiger partial charge on any atom is 0.373 e. The average molecular weight is 487 g/mol. The third-order valence-corrected chi connectivity index (χ3v) is 6.89. The van der Waals surface area contributed by atoms with E-state index in [0.29, 0.717) is 10.7 Å². The summed E-state index contributed by atoms with van der Waals surface area (Å²) < 4.78 is 12.2. The molecule has 2 aromatic carbocycles. The van der Waals surface area contributed by atoms with Gasteiger partial charge in [-0.05, 0) is 78.4 Å². The molecule has 1 fully saturated rings. The molecule has 0 N–H and O–H groups in total. The van der Waals surface area contributed by atoms with Crippen molar-refractivity contribution in [1.29, 1.82) is 0 Å². The second-order valence-electron chi connectivity index (χ2n) is 8.22. The monoisotopic (exact) mass is 486 g/mol. The van der Waals surface area contributed by atoms with Crippen LogP contribution >= 0.6 is 11.8 Å². The number of aromatic nitrogens is 1. The minimum atomic E-state index is -0.618. The maximum atomic E-state index is 13.0. The van der Waals surface area contributed by atoms with Crippen LogP contribution in [0.5, 0.6) is 0 Å². The summed E-state index contributed by atoms with van der Waals surface area (Å²) in [6, 6.07) is 19.5. The third kappa shape index (κ3) is 4.17. The van der Waals surface area contributed by atoms with Crippen molar-refractivity contribution in [3.63, 3.8) is 0 Å². The molecule has 0 aliphatic carbocycles. The van der Waals surface area contributed by atoms with Gasteiger partial charge < -0.3 is 13.7 Å². The number of methoxy groups -OCH3 is 1. The molecule has 1 aliphatic heterocycles. The number of esters is 1. The number of fused-ring (bicyclic) bond motifs is 1. The molecule has 0 unspecified atom stereocenters. The van der Waals surface area contributed by atoms with Gasteiger partial charge in [0.1, 0.15) is 5.76 Å². The second-order valence-corrected chi connectivity index (χ2v) is 9.21. The van der Waals surface area contributed by atoms with Crippen LogP contribution in [0.25, 0.3) is 22.5 Å². The fraction of sp³-hybridized carbons (Fsp3) is 0.148. The van der Waals surface area contributed by atoms with Gasteiger partial charge in [-0.25, -0.2) is 4.79 Å². The van der Waals surface area contributed by atoms with Gasteiger partial charge in [0, 0.05) is 17.1 Å². The third-order valence-electron chi connectivity index (χ3n) is 5.98. The zero-order chi connectivity index (χ0) is 24.7. The molecular weight excluding hydrogens is 464 g/mol. The molecule has 7 nitrogen and oxygen atoms in total. The Labute approximate surface area is 206 Å². The molecule has 176 valence electrons. The Hall–Kier alpha value is -4.04. The molecule has 1 aliphatic rings. The van der Waals surface area contributed by atoms with E-state index in [0.717, 1.165) is 44.7 Å². The molecule has 2 amide bonds. The van der Waals surface area contributed by atoms with Crippen molar-refractivity contribution in [1.82, 2.24) is 9.47 Å². The van der Waals surface area contributed by atoms with Crippen molar-refractivity contribution in [3.05, 3.63) is 94.0 Å². The van der Waals surface area contributed by atoms with Crippen LogP contribution in [0.1, 0.15) is 33.3 Å². The van der Waals surface area contributed by atoms with E-state index >= 15 is 0 Å². The maximum absolute atomic E-state index is 13.0. The largest absolute Gasteiger partial charge is 0.463 e. The lowest BCUT2D eigenvalue weighted by molar-refractivity contribution is -0.123. The SMILES string of the molecule is COC(=O)c1ccc(CN2C(=O)S/C(=C/c3cc(C)n(-c4ccc5ccccc5c4)c3C)C2=O)o1. The zero-order valence-corrected chi connectivity index (χ0v) is 20.2. The number of carbonyl (C=O) groups excluding carboxylic acids is 3. The summed E-state index contributed by atoms with van der Waals surface area (Å²) in [6.45, 7) is 3.95. The number of carbonyl (C=O) groups is 3. The van der Waals surface area contributed by atoms with Crippen LogP contribution in [-0.2, 0) is 16.1 Å². The molecule has 2 aromatic heterocycles. The molecule has 0 saturated carbocycles. The molecule has 0 spiro atoms. The second kappa shape index (κ2) is 8.96. The molecule has 0 radical (unpaired) electrons. The van der Waals surface area contributed by atoms with E-state index in [1.807, 2.05) is 32.0 Å². The average Bonchev–Trinajstić information content (AvgIpc) is 3.51. The molecule has 1 saturated heterocycles. The lowest BCUT2D eigenvalue weighted by Crippen LogP contribution is -2.27. The predicted octanol–water partition coefficient (Wildman–Crippen LogP) is 5.86. The number of imide groups is 1. The van der Waals surface area contributed by atoms with Gasteiger partial charge in [-0.15, -0.1) is 0 Å². The van der Waals surface area contributed by atoms with Crippen LogP contribution in [-0.4, -0.2) is 33.7 Å². The van der Waals surface area contributed by atoms with Crippen LogP contribution in [0.4, 0.5) is 4.79 Å². The van der Waals surface area contributed by atoms with Crippen LogP contribution in [0.15, 0.2) is 70.0 Å². The van der Waals surface area contributed by atoms with Crippen LogP contribution in [0, 0.1) is 13.8 Å².